The van der Waals surface area contributed by atoms with Gasteiger partial charge in [-0.25, -0.2) is 0 Å². The van der Waals surface area contributed by atoms with Crippen LogP contribution < -0.4 is 10.6 Å². The summed E-state index contributed by atoms with van der Waals surface area (Å²) in [4.78, 5) is 11.9. The molecule has 18 heavy (non-hydrogen) atoms. The van der Waals surface area contributed by atoms with Crippen molar-refractivity contribution in [3.8, 4) is 0 Å². The zero-order valence-corrected chi connectivity index (χ0v) is 11.6. The fraction of sp³-hybridized carbons (Fsp3) is 0.500. The lowest BCUT2D eigenvalue weighted by molar-refractivity contribution is 0.0950. The summed E-state index contributed by atoms with van der Waals surface area (Å²) < 4.78 is 0. The van der Waals surface area contributed by atoms with Crippen molar-refractivity contribution in [2.45, 2.75) is 32.2 Å². The maximum Gasteiger partial charge on any atom is 0.251 e. The second-order valence-electron chi connectivity index (χ2n) is 4.55. The van der Waals surface area contributed by atoms with Gasteiger partial charge >= 0.3 is 0 Å². The molecular formula is C14H21ClN2O. The van der Waals surface area contributed by atoms with E-state index >= 15 is 0 Å². The van der Waals surface area contributed by atoms with Gasteiger partial charge in [-0.05, 0) is 43.5 Å². The van der Waals surface area contributed by atoms with Gasteiger partial charge in [-0.3, -0.25) is 4.79 Å². The quantitative estimate of drug-likeness (QED) is 0.879. The summed E-state index contributed by atoms with van der Waals surface area (Å²) in [5.74, 6) is 0.0290. The lowest BCUT2D eigenvalue weighted by atomic mass is 10.1. The number of hydrogen-bond acceptors (Lipinski definition) is 2. The number of nitrogens with one attached hydrogen (secondary N) is 2. The Hall–Kier alpha value is -1.06. The first kappa shape index (κ1) is 15.0. The summed E-state index contributed by atoms with van der Waals surface area (Å²) in [6.45, 7) is 3.92. The number of benzene rings is 1. The molecule has 1 saturated heterocycles. The van der Waals surface area contributed by atoms with Crippen molar-refractivity contribution in [1.82, 2.24) is 10.6 Å². The first-order chi connectivity index (χ1) is 8.29. The number of rotatable bonds is 4. The van der Waals surface area contributed by atoms with Crippen LogP contribution in [0.25, 0.3) is 0 Å². The molecule has 100 valence electrons. The first-order valence-corrected chi connectivity index (χ1v) is 6.40. The van der Waals surface area contributed by atoms with E-state index in [0.29, 0.717) is 6.04 Å². The van der Waals surface area contributed by atoms with E-state index in [9.17, 15) is 4.79 Å². The van der Waals surface area contributed by atoms with Gasteiger partial charge in [0.15, 0.2) is 0 Å². The van der Waals surface area contributed by atoms with E-state index in [1.54, 1.807) is 0 Å². The van der Waals surface area contributed by atoms with E-state index in [0.717, 1.165) is 31.5 Å². The highest BCUT2D eigenvalue weighted by Crippen LogP contribution is 2.06. The van der Waals surface area contributed by atoms with Crippen LogP contribution in [0.4, 0.5) is 0 Å². The van der Waals surface area contributed by atoms with Gasteiger partial charge in [-0.15, -0.1) is 12.4 Å². The average molecular weight is 269 g/mol. The SMILES string of the molecule is CCc1ccc(C(=O)NCC2CCCN2)cc1.Cl. The molecule has 1 fully saturated rings. The summed E-state index contributed by atoms with van der Waals surface area (Å²) in [5, 5.41) is 6.34. The highest BCUT2D eigenvalue weighted by atomic mass is 35.5. The summed E-state index contributed by atoms with van der Waals surface area (Å²) >= 11 is 0. The van der Waals surface area contributed by atoms with Crippen LogP contribution in [0, 0.1) is 0 Å². The highest BCUT2D eigenvalue weighted by Gasteiger charge is 2.15. The normalized spacial score (nSPS) is 18.2. The molecule has 0 saturated carbocycles. The Bertz CT molecular complexity index is 372. The van der Waals surface area contributed by atoms with Gasteiger partial charge in [0.2, 0.25) is 0 Å². The Labute approximate surface area is 115 Å². The summed E-state index contributed by atoms with van der Waals surface area (Å²) in [6, 6.07) is 8.28. The van der Waals surface area contributed by atoms with E-state index in [4.69, 9.17) is 0 Å². The molecular weight excluding hydrogens is 248 g/mol. The van der Waals surface area contributed by atoms with Gasteiger partial charge < -0.3 is 10.6 Å². The predicted octanol–water partition coefficient (Wildman–Crippen LogP) is 2.15. The molecule has 1 unspecified atom stereocenters. The van der Waals surface area contributed by atoms with Crippen molar-refractivity contribution in [2.24, 2.45) is 0 Å². The molecule has 0 aromatic heterocycles. The maximum atomic E-state index is 11.9. The van der Waals surface area contributed by atoms with Crippen molar-refractivity contribution in [2.75, 3.05) is 13.1 Å². The van der Waals surface area contributed by atoms with E-state index < -0.39 is 0 Å². The smallest absolute Gasteiger partial charge is 0.251 e. The Morgan fingerprint density at radius 3 is 2.67 bits per heavy atom. The van der Waals surface area contributed by atoms with Crippen molar-refractivity contribution in [3.63, 3.8) is 0 Å². The lowest BCUT2D eigenvalue weighted by Crippen LogP contribution is -2.37. The van der Waals surface area contributed by atoms with Crippen LogP contribution in [0.1, 0.15) is 35.7 Å². The van der Waals surface area contributed by atoms with Crippen molar-refractivity contribution >= 4 is 18.3 Å². The average Bonchev–Trinajstić information content (AvgIpc) is 2.89. The Morgan fingerprint density at radius 2 is 2.11 bits per heavy atom. The summed E-state index contributed by atoms with van der Waals surface area (Å²) in [7, 11) is 0. The largest absolute Gasteiger partial charge is 0.350 e. The minimum Gasteiger partial charge on any atom is -0.350 e. The molecule has 4 heteroatoms. The predicted molar refractivity (Wildman–Crippen MR) is 76.4 cm³/mol. The van der Waals surface area contributed by atoms with Crippen LogP contribution >= 0.6 is 12.4 Å². The maximum absolute atomic E-state index is 11.9. The molecule has 0 bridgehead atoms. The molecule has 1 aliphatic rings. The Morgan fingerprint density at radius 1 is 1.39 bits per heavy atom. The molecule has 1 aromatic rings. The number of aryl methyl sites for hydroxylation is 1. The molecule has 0 aliphatic carbocycles. The number of halogens is 1. The third kappa shape index (κ3) is 4.00. The van der Waals surface area contributed by atoms with Crippen LogP contribution in [-0.4, -0.2) is 25.0 Å². The third-order valence-electron chi connectivity index (χ3n) is 3.30. The zero-order valence-electron chi connectivity index (χ0n) is 10.7. The van der Waals surface area contributed by atoms with Crippen LogP contribution in [0.3, 0.4) is 0 Å². The van der Waals surface area contributed by atoms with E-state index in [-0.39, 0.29) is 18.3 Å². The van der Waals surface area contributed by atoms with Gasteiger partial charge in [0.05, 0.1) is 0 Å². The van der Waals surface area contributed by atoms with Crippen molar-refractivity contribution < 1.29 is 4.79 Å². The lowest BCUT2D eigenvalue weighted by Gasteiger charge is -2.11. The van der Waals surface area contributed by atoms with E-state index in [1.807, 2.05) is 24.3 Å². The molecule has 3 nitrogen and oxygen atoms in total. The monoisotopic (exact) mass is 268 g/mol. The fourth-order valence-corrected chi connectivity index (χ4v) is 2.14. The minimum atomic E-state index is 0. The molecule has 1 heterocycles. The van der Waals surface area contributed by atoms with Gasteiger partial charge in [0.1, 0.15) is 0 Å². The molecule has 1 atom stereocenters. The number of amides is 1. The Kier molecular flexibility index (Phi) is 6.16. The molecule has 1 amide bonds. The second-order valence-corrected chi connectivity index (χ2v) is 4.55. The van der Waals surface area contributed by atoms with Crippen LogP contribution in [0.15, 0.2) is 24.3 Å². The number of hydrogen-bond donors (Lipinski definition) is 2. The van der Waals surface area contributed by atoms with Gasteiger partial charge in [-0.2, -0.15) is 0 Å². The highest BCUT2D eigenvalue weighted by molar-refractivity contribution is 5.94. The molecule has 1 aromatic carbocycles. The number of carbonyl (C=O) groups excluding carboxylic acids is 1. The van der Waals surface area contributed by atoms with E-state index in [1.165, 1.54) is 12.0 Å². The molecule has 2 N–H and O–H groups in total. The van der Waals surface area contributed by atoms with Gasteiger partial charge in [0.25, 0.3) is 5.91 Å². The van der Waals surface area contributed by atoms with Crippen molar-refractivity contribution in [3.05, 3.63) is 35.4 Å². The third-order valence-corrected chi connectivity index (χ3v) is 3.30. The zero-order chi connectivity index (χ0) is 12.1. The Balaban J connectivity index is 0.00000162. The number of carbonyl (C=O) groups is 1. The van der Waals surface area contributed by atoms with Gasteiger partial charge in [0, 0.05) is 18.2 Å². The summed E-state index contributed by atoms with van der Waals surface area (Å²) in [6.07, 6.45) is 3.38. The van der Waals surface area contributed by atoms with Gasteiger partial charge in [-0.1, -0.05) is 19.1 Å². The molecule has 0 radical (unpaired) electrons. The molecule has 0 spiro atoms. The molecule has 1 aliphatic heterocycles. The first-order valence-electron chi connectivity index (χ1n) is 6.40. The van der Waals surface area contributed by atoms with Crippen LogP contribution in [-0.2, 0) is 6.42 Å². The van der Waals surface area contributed by atoms with Crippen molar-refractivity contribution in [1.29, 1.82) is 0 Å². The fourth-order valence-electron chi connectivity index (χ4n) is 2.14. The standard InChI is InChI=1S/C14H20N2O.ClH/c1-2-11-5-7-12(8-6-11)14(17)16-10-13-4-3-9-15-13;/h5-8,13,15H,2-4,9-10H2,1H3,(H,16,17);1H. The van der Waals surface area contributed by atoms with E-state index in [2.05, 4.69) is 17.6 Å². The topological polar surface area (TPSA) is 41.1 Å². The molecule has 2 rings (SSSR count). The van der Waals surface area contributed by atoms with Crippen LogP contribution in [0.2, 0.25) is 0 Å². The second kappa shape index (κ2) is 7.39. The van der Waals surface area contributed by atoms with Crippen LogP contribution in [0.5, 0.6) is 0 Å². The minimum absolute atomic E-state index is 0. The summed E-state index contributed by atoms with van der Waals surface area (Å²) in [5.41, 5.74) is 2.01.